The number of aromatic nitrogens is 1. The number of hydrogen-bond donors (Lipinski definition) is 1. The van der Waals surface area contributed by atoms with Gasteiger partial charge in [0.2, 0.25) is 0 Å². The van der Waals surface area contributed by atoms with Gasteiger partial charge < -0.3 is 10.2 Å². The highest BCUT2D eigenvalue weighted by Crippen LogP contribution is 2.16. The first kappa shape index (κ1) is 14.8. The van der Waals surface area contributed by atoms with Crippen molar-refractivity contribution in [2.75, 3.05) is 26.0 Å². The molecule has 0 aliphatic heterocycles. The molecular formula is C13H20ClN3O. The summed E-state index contributed by atoms with van der Waals surface area (Å²) in [4.78, 5) is 18.0. The van der Waals surface area contributed by atoms with Crippen LogP contribution in [0.2, 0.25) is 5.15 Å². The Labute approximate surface area is 113 Å². The van der Waals surface area contributed by atoms with E-state index < -0.39 is 0 Å². The van der Waals surface area contributed by atoms with E-state index in [1.807, 2.05) is 0 Å². The summed E-state index contributed by atoms with van der Waals surface area (Å²) < 4.78 is 0. The number of carbonyl (C=O) groups is 1. The van der Waals surface area contributed by atoms with Crippen LogP contribution in [0.5, 0.6) is 0 Å². The van der Waals surface area contributed by atoms with Crippen LogP contribution < -0.4 is 5.32 Å². The van der Waals surface area contributed by atoms with E-state index in [1.54, 1.807) is 31.1 Å². The van der Waals surface area contributed by atoms with Crippen LogP contribution >= 0.6 is 11.6 Å². The van der Waals surface area contributed by atoms with Gasteiger partial charge >= 0.3 is 0 Å². The molecule has 1 aromatic heterocycles. The van der Waals surface area contributed by atoms with Crippen molar-refractivity contribution >= 4 is 23.3 Å². The highest BCUT2D eigenvalue weighted by atomic mass is 35.5. The lowest BCUT2D eigenvalue weighted by atomic mass is 10.1. The summed E-state index contributed by atoms with van der Waals surface area (Å²) in [6, 6.07) is 3.30. The Morgan fingerprint density at radius 1 is 1.50 bits per heavy atom. The second kappa shape index (κ2) is 6.59. The molecule has 4 nitrogen and oxygen atoms in total. The summed E-state index contributed by atoms with van der Waals surface area (Å²) in [5, 5.41) is 3.21. The van der Waals surface area contributed by atoms with Crippen LogP contribution in [0.1, 0.15) is 30.6 Å². The van der Waals surface area contributed by atoms with Gasteiger partial charge in [0, 0.05) is 26.2 Å². The zero-order valence-electron chi connectivity index (χ0n) is 11.3. The standard InChI is InChI=1S/C13H20ClN3O/c1-9(2)5-6-17(4)13(18)10-7-11(14)16-12(8-10)15-3/h7-9H,5-6H2,1-4H3,(H,15,16). The molecule has 0 bridgehead atoms. The van der Waals surface area contributed by atoms with E-state index in [1.165, 1.54) is 0 Å². The van der Waals surface area contributed by atoms with Crippen LogP contribution in [0, 0.1) is 5.92 Å². The van der Waals surface area contributed by atoms with Gasteiger partial charge in [-0.3, -0.25) is 4.79 Å². The molecule has 0 aliphatic rings. The zero-order chi connectivity index (χ0) is 13.7. The van der Waals surface area contributed by atoms with Gasteiger partial charge in [-0.15, -0.1) is 0 Å². The van der Waals surface area contributed by atoms with Crippen molar-refractivity contribution in [3.63, 3.8) is 0 Å². The van der Waals surface area contributed by atoms with E-state index in [0.717, 1.165) is 13.0 Å². The number of carbonyl (C=O) groups excluding carboxylic acids is 1. The van der Waals surface area contributed by atoms with E-state index in [0.29, 0.717) is 22.5 Å². The van der Waals surface area contributed by atoms with Gasteiger partial charge in [0.1, 0.15) is 11.0 Å². The number of nitrogens with one attached hydrogen (secondary N) is 1. The van der Waals surface area contributed by atoms with Crippen molar-refractivity contribution in [2.24, 2.45) is 5.92 Å². The van der Waals surface area contributed by atoms with Gasteiger partial charge in [0.15, 0.2) is 0 Å². The molecule has 0 aromatic carbocycles. The molecule has 1 aromatic rings. The highest BCUT2D eigenvalue weighted by molar-refractivity contribution is 6.29. The monoisotopic (exact) mass is 269 g/mol. The van der Waals surface area contributed by atoms with Crippen molar-refractivity contribution in [1.29, 1.82) is 0 Å². The highest BCUT2D eigenvalue weighted by Gasteiger charge is 2.14. The lowest BCUT2D eigenvalue weighted by molar-refractivity contribution is 0.0789. The molecule has 1 heterocycles. The summed E-state index contributed by atoms with van der Waals surface area (Å²) >= 11 is 5.88. The lowest BCUT2D eigenvalue weighted by Crippen LogP contribution is -2.28. The van der Waals surface area contributed by atoms with Crippen LogP contribution in [0.25, 0.3) is 0 Å². The first-order valence-electron chi connectivity index (χ1n) is 6.05. The van der Waals surface area contributed by atoms with Crippen molar-refractivity contribution < 1.29 is 4.79 Å². The first-order chi connectivity index (χ1) is 8.43. The number of pyridine rings is 1. The molecule has 0 atom stereocenters. The topological polar surface area (TPSA) is 45.2 Å². The zero-order valence-corrected chi connectivity index (χ0v) is 12.1. The Bertz CT molecular complexity index is 421. The van der Waals surface area contributed by atoms with Crippen LogP contribution in [0.3, 0.4) is 0 Å². The molecule has 0 fully saturated rings. The van der Waals surface area contributed by atoms with Gasteiger partial charge in [0.05, 0.1) is 0 Å². The van der Waals surface area contributed by atoms with Gasteiger partial charge in [-0.1, -0.05) is 25.4 Å². The second-order valence-corrected chi connectivity index (χ2v) is 5.11. The summed E-state index contributed by atoms with van der Waals surface area (Å²) in [7, 11) is 3.55. The van der Waals surface area contributed by atoms with E-state index >= 15 is 0 Å². The van der Waals surface area contributed by atoms with Crippen LogP contribution in [0.15, 0.2) is 12.1 Å². The predicted octanol–water partition coefficient (Wildman–Crippen LogP) is 2.89. The number of hydrogen-bond acceptors (Lipinski definition) is 3. The second-order valence-electron chi connectivity index (χ2n) is 4.72. The van der Waals surface area contributed by atoms with Crippen molar-refractivity contribution in [2.45, 2.75) is 20.3 Å². The van der Waals surface area contributed by atoms with Gasteiger partial charge in [-0.2, -0.15) is 0 Å². The minimum absolute atomic E-state index is 0.0311. The molecule has 0 aliphatic carbocycles. The molecule has 0 saturated heterocycles. The average molecular weight is 270 g/mol. The predicted molar refractivity (Wildman–Crippen MR) is 75.2 cm³/mol. The molecule has 1 rings (SSSR count). The van der Waals surface area contributed by atoms with Crippen molar-refractivity contribution in [3.05, 3.63) is 22.8 Å². The maximum atomic E-state index is 12.2. The fourth-order valence-electron chi connectivity index (χ4n) is 1.52. The van der Waals surface area contributed by atoms with Gasteiger partial charge in [0.25, 0.3) is 5.91 Å². The number of anilines is 1. The normalized spacial score (nSPS) is 10.6. The van der Waals surface area contributed by atoms with E-state index in [4.69, 9.17) is 11.6 Å². The molecule has 0 spiro atoms. The van der Waals surface area contributed by atoms with Crippen LogP contribution in [0.4, 0.5) is 5.82 Å². The third-order valence-corrected chi connectivity index (χ3v) is 2.88. The van der Waals surface area contributed by atoms with Gasteiger partial charge in [-0.25, -0.2) is 4.98 Å². The van der Waals surface area contributed by atoms with Crippen LogP contribution in [-0.4, -0.2) is 36.4 Å². The Morgan fingerprint density at radius 2 is 2.17 bits per heavy atom. The molecule has 0 unspecified atom stereocenters. The number of nitrogens with zero attached hydrogens (tertiary/aromatic N) is 2. The maximum Gasteiger partial charge on any atom is 0.253 e. The molecule has 0 radical (unpaired) electrons. The van der Waals surface area contributed by atoms with E-state index in [2.05, 4.69) is 24.1 Å². The van der Waals surface area contributed by atoms with Crippen molar-refractivity contribution in [1.82, 2.24) is 9.88 Å². The van der Waals surface area contributed by atoms with Crippen molar-refractivity contribution in [3.8, 4) is 0 Å². The largest absolute Gasteiger partial charge is 0.373 e. The minimum atomic E-state index is -0.0311. The molecule has 5 heteroatoms. The maximum absolute atomic E-state index is 12.2. The molecule has 100 valence electrons. The van der Waals surface area contributed by atoms with E-state index in [-0.39, 0.29) is 5.91 Å². The van der Waals surface area contributed by atoms with Gasteiger partial charge in [-0.05, 0) is 24.5 Å². The SMILES string of the molecule is CNc1cc(C(=O)N(C)CCC(C)C)cc(Cl)n1. The minimum Gasteiger partial charge on any atom is -0.373 e. The third kappa shape index (κ3) is 4.18. The fourth-order valence-corrected chi connectivity index (χ4v) is 1.73. The Hall–Kier alpha value is -1.29. The summed E-state index contributed by atoms with van der Waals surface area (Å²) in [6.45, 7) is 5.02. The lowest BCUT2D eigenvalue weighted by Gasteiger charge is -2.18. The molecular weight excluding hydrogens is 250 g/mol. The molecule has 1 amide bonds. The fraction of sp³-hybridized carbons (Fsp3) is 0.538. The molecule has 1 N–H and O–H groups in total. The Morgan fingerprint density at radius 3 is 2.72 bits per heavy atom. The molecule has 18 heavy (non-hydrogen) atoms. The molecule has 0 saturated carbocycles. The average Bonchev–Trinajstić information content (AvgIpc) is 2.34. The van der Waals surface area contributed by atoms with Crippen LogP contribution in [-0.2, 0) is 0 Å². The summed E-state index contributed by atoms with van der Waals surface area (Å²) in [5.41, 5.74) is 0.561. The first-order valence-corrected chi connectivity index (χ1v) is 6.42. The Kier molecular flexibility index (Phi) is 5.41. The number of rotatable bonds is 5. The van der Waals surface area contributed by atoms with E-state index in [9.17, 15) is 4.79 Å². The number of amides is 1. The third-order valence-electron chi connectivity index (χ3n) is 2.69. The Balaban J connectivity index is 2.79. The smallest absolute Gasteiger partial charge is 0.253 e. The quantitative estimate of drug-likeness (QED) is 0.836. The summed E-state index contributed by atoms with van der Waals surface area (Å²) in [6.07, 6.45) is 0.986. The summed E-state index contributed by atoms with van der Waals surface area (Å²) in [5.74, 6) is 1.15. The number of halogens is 1.